The van der Waals surface area contributed by atoms with Crippen LogP contribution in [-0.2, 0) is 6.61 Å². The molecule has 0 bridgehead atoms. The van der Waals surface area contributed by atoms with E-state index in [1.807, 2.05) is 30.3 Å². The van der Waals surface area contributed by atoms with Gasteiger partial charge in [0, 0.05) is 35.6 Å². The number of aliphatic hydroxyl groups is 1. The molecule has 4 aromatic rings. The van der Waals surface area contributed by atoms with Crippen molar-refractivity contribution in [1.82, 2.24) is 15.3 Å². The fraction of sp³-hybridized carbons (Fsp3) is 0.115. The number of aromatic nitrogens is 2. The van der Waals surface area contributed by atoms with Crippen LogP contribution < -0.4 is 15.4 Å². The van der Waals surface area contributed by atoms with Crippen LogP contribution in [0.3, 0.4) is 0 Å². The van der Waals surface area contributed by atoms with Crippen LogP contribution in [0.2, 0.25) is 0 Å². The van der Waals surface area contributed by atoms with Crippen LogP contribution in [0.25, 0.3) is 11.3 Å². The van der Waals surface area contributed by atoms with Gasteiger partial charge in [-0.2, -0.15) is 0 Å². The monoisotopic (exact) mass is 458 g/mol. The Bertz CT molecular complexity index is 1250. The highest BCUT2D eigenvalue weighted by atomic mass is 19.1. The molecule has 3 aromatic carbocycles. The van der Waals surface area contributed by atoms with Gasteiger partial charge in [0.15, 0.2) is 0 Å². The quantitative estimate of drug-likeness (QED) is 0.346. The number of amides is 1. The Morgan fingerprint density at radius 3 is 2.56 bits per heavy atom. The topological polar surface area (TPSA) is 96.4 Å². The Hall–Kier alpha value is -4.30. The number of ether oxygens (including phenoxy) is 1. The van der Waals surface area contributed by atoms with Crippen molar-refractivity contribution in [2.24, 2.45) is 0 Å². The van der Waals surface area contributed by atoms with Gasteiger partial charge >= 0.3 is 0 Å². The van der Waals surface area contributed by atoms with E-state index < -0.39 is 5.82 Å². The zero-order valence-electron chi connectivity index (χ0n) is 18.2. The van der Waals surface area contributed by atoms with Gasteiger partial charge in [0.2, 0.25) is 5.95 Å². The third-order valence-electron chi connectivity index (χ3n) is 4.91. The zero-order chi connectivity index (χ0) is 23.8. The molecule has 4 rings (SSSR count). The number of nitrogens with one attached hydrogen (secondary N) is 2. The second-order valence-electron chi connectivity index (χ2n) is 7.36. The second kappa shape index (κ2) is 11.0. The lowest BCUT2D eigenvalue weighted by Gasteiger charge is -2.13. The molecular weight excluding hydrogens is 435 g/mol. The number of anilines is 2. The molecule has 0 aliphatic heterocycles. The summed E-state index contributed by atoms with van der Waals surface area (Å²) in [6, 6.07) is 22.5. The van der Waals surface area contributed by atoms with Gasteiger partial charge in [-0.25, -0.2) is 14.4 Å². The molecular formula is C26H23FN4O3. The smallest absolute Gasteiger partial charge is 0.251 e. The van der Waals surface area contributed by atoms with Gasteiger partial charge in [-0.15, -0.1) is 0 Å². The Labute approximate surface area is 196 Å². The van der Waals surface area contributed by atoms with Gasteiger partial charge < -0.3 is 20.5 Å². The molecule has 1 aromatic heterocycles. The highest BCUT2D eigenvalue weighted by molar-refractivity contribution is 5.94. The molecule has 0 radical (unpaired) electrons. The minimum atomic E-state index is -0.401. The van der Waals surface area contributed by atoms with E-state index in [9.17, 15) is 9.18 Å². The summed E-state index contributed by atoms with van der Waals surface area (Å²) >= 11 is 0. The highest BCUT2D eigenvalue weighted by Gasteiger charge is 2.12. The van der Waals surface area contributed by atoms with Gasteiger partial charge in [-0.05, 0) is 48.0 Å². The number of hydrogen-bond acceptors (Lipinski definition) is 6. The fourth-order valence-electron chi connectivity index (χ4n) is 3.24. The largest absolute Gasteiger partial charge is 0.488 e. The van der Waals surface area contributed by atoms with Crippen molar-refractivity contribution in [3.8, 4) is 17.0 Å². The van der Waals surface area contributed by atoms with Crippen LogP contribution in [0.1, 0.15) is 15.9 Å². The summed E-state index contributed by atoms with van der Waals surface area (Å²) in [5.41, 5.74) is 3.34. The van der Waals surface area contributed by atoms with Gasteiger partial charge in [-0.1, -0.05) is 30.3 Å². The van der Waals surface area contributed by atoms with Crippen molar-refractivity contribution in [3.63, 3.8) is 0 Å². The molecule has 8 heteroatoms. The van der Waals surface area contributed by atoms with E-state index in [1.165, 1.54) is 12.1 Å². The fourth-order valence-corrected chi connectivity index (χ4v) is 3.24. The number of carbonyl (C=O) groups excluding carboxylic acids is 1. The number of hydrogen-bond donors (Lipinski definition) is 3. The summed E-state index contributed by atoms with van der Waals surface area (Å²) in [6.45, 7) is 0.373. The summed E-state index contributed by atoms with van der Waals surface area (Å²) in [5.74, 6) is 0.0561. The van der Waals surface area contributed by atoms with E-state index in [4.69, 9.17) is 9.84 Å². The first-order chi connectivity index (χ1) is 16.6. The zero-order valence-corrected chi connectivity index (χ0v) is 18.2. The summed E-state index contributed by atoms with van der Waals surface area (Å²) in [6.07, 6.45) is 1.60. The predicted molar refractivity (Wildman–Crippen MR) is 127 cm³/mol. The lowest BCUT2D eigenvalue weighted by Crippen LogP contribution is -2.26. The van der Waals surface area contributed by atoms with Crippen molar-refractivity contribution < 1.29 is 19.0 Å². The molecule has 0 fully saturated rings. The third kappa shape index (κ3) is 5.93. The van der Waals surface area contributed by atoms with Crippen LogP contribution in [0.4, 0.5) is 16.0 Å². The minimum absolute atomic E-state index is 0.119. The van der Waals surface area contributed by atoms with Crippen LogP contribution >= 0.6 is 0 Å². The van der Waals surface area contributed by atoms with E-state index in [0.29, 0.717) is 40.8 Å². The highest BCUT2D eigenvalue weighted by Crippen LogP contribution is 2.31. The first-order valence-electron chi connectivity index (χ1n) is 10.7. The van der Waals surface area contributed by atoms with Crippen molar-refractivity contribution in [2.75, 3.05) is 18.5 Å². The molecule has 0 saturated carbocycles. The molecule has 1 heterocycles. The lowest BCUT2D eigenvalue weighted by atomic mass is 10.1. The molecule has 0 aliphatic carbocycles. The lowest BCUT2D eigenvalue weighted by molar-refractivity contribution is 0.0945. The molecule has 172 valence electrons. The first kappa shape index (κ1) is 22.9. The van der Waals surface area contributed by atoms with Gasteiger partial charge in [0.05, 0.1) is 12.3 Å². The van der Waals surface area contributed by atoms with Crippen LogP contribution in [0.15, 0.2) is 85.1 Å². The maximum absolute atomic E-state index is 13.9. The molecule has 7 nitrogen and oxygen atoms in total. The molecule has 0 saturated heterocycles. The van der Waals surface area contributed by atoms with Gasteiger partial charge in [0.1, 0.15) is 18.2 Å². The maximum atomic E-state index is 13.9. The predicted octanol–water partition coefficient (Wildman–Crippen LogP) is 4.33. The number of rotatable bonds is 9. The Kier molecular flexibility index (Phi) is 7.42. The summed E-state index contributed by atoms with van der Waals surface area (Å²) in [4.78, 5) is 20.8. The molecule has 0 atom stereocenters. The third-order valence-corrected chi connectivity index (χ3v) is 4.91. The van der Waals surface area contributed by atoms with Crippen LogP contribution in [-0.4, -0.2) is 34.1 Å². The van der Waals surface area contributed by atoms with Crippen LogP contribution in [0.5, 0.6) is 5.75 Å². The SMILES string of the molecule is O=C(NCCO)c1ccc(Nc2nccc(-c3ccc(F)cc3OCc3ccccc3)n2)cc1. The Morgan fingerprint density at radius 1 is 1.00 bits per heavy atom. The average molecular weight is 458 g/mol. The Morgan fingerprint density at radius 2 is 1.79 bits per heavy atom. The summed E-state index contributed by atoms with van der Waals surface area (Å²) in [5, 5.41) is 14.5. The van der Waals surface area contributed by atoms with E-state index in [-0.39, 0.29) is 19.1 Å². The van der Waals surface area contributed by atoms with Crippen molar-refractivity contribution in [2.45, 2.75) is 6.61 Å². The number of aliphatic hydroxyl groups excluding tert-OH is 1. The first-order valence-corrected chi connectivity index (χ1v) is 10.7. The van der Waals surface area contributed by atoms with E-state index in [0.717, 1.165) is 5.56 Å². The van der Waals surface area contributed by atoms with E-state index in [1.54, 1.807) is 42.6 Å². The summed E-state index contributed by atoms with van der Waals surface area (Å²) < 4.78 is 19.9. The standard InChI is InChI=1S/C26H23FN4O3/c27-20-8-11-22(24(16-20)34-17-18-4-2-1-3-5-18)23-12-13-29-26(31-23)30-21-9-6-19(7-10-21)25(33)28-14-15-32/h1-13,16,32H,14-15,17H2,(H,28,33)(H,29,30,31). The van der Waals surface area contributed by atoms with E-state index >= 15 is 0 Å². The van der Waals surface area contributed by atoms with Crippen molar-refractivity contribution >= 4 is 17.5 Å². The second-order valence-corrected chi connectivity index (χ2v) is 7.36. The average Bonchev–Trinajstić information content (AvgIpc) is 2.87. The molecule has 0 aliphatic rings. The number of carbonyl (C=O) groups is 1. The number of halogens is 1. The van der Waals surface area contributed by atoms with Crippen LogP contribution in [0, 0.1) is 5.82 Å². The van der Waals surface area contributed by atoms with Crippen molar-refractivity contribution in [1.29, 1.82) is 0 Å². The van der Waals surface area contributed by atoms with Gasteiger partial charge in [0.25, 0.3) is 5.91 Å². The molecule has 3 N–H and O–H groups in total. The molecule has 1 amide bonds. The van der Waals surface area contributed by atoms with E-state index in [2.05, 4.69) is 20.6 Å². The summed E-state index contributed by atoms with van der Waals surface area (Å²) in [7, 11) is 0. The molecule has 0 spiro atoms. The number of benzene rings is 3. The molecule has 34 heavy (non-hydrogen) atoms. The van der Waals surface area contributed by atoms with Gasteiger partial charge in [-0.3, -0.25) is 4.79 Å². The normalized spacial score (nSPS) is 10.5. The van der Waals surface area contributed by atoms with Crippen molar-refractivity contribution in [3.05, 3.63) is 102 Å². The molecule has 0 unspecified atom stereocenters. The Balaban J connectivity index is 1.51. The number of nitrogens with zero attached hydrogens (tertiary/aromatic N) is 2. The maximum Gasteiger partial charge on any atom is 0.251 e. The minimum Gasteiger partial charge on any atom is -0.488 e.